The molecule has 0 radical (unpaired) electrons. The molecule has 0 amide bonds. The number of aliphatic hydroxyl groups excluding tert-OH is 1. The van der Waals surface area contributed by atoms with Crippen LogP contribution in [0.3, 0.4) is 0 Å². The molecule has 0 spiro atoms. The number of ether oxygens (including phenoxy) is 1. The molecule has 80 valence electrons. The minimum atomic E-state index is -1.49. The largest absolute Gasteiger partial charge is 0.460 e. The predicted molar refractivity (Wildman–Crippen MR) is 52.1 cm³/mol. The van der Waals surface area contributed by atoms with E-state index < -0.39 is 17.7 Å². The molecule has 1 aromatic rings. The molecule has 4 heteroatoms. The van der Waals surface area contributed by atoms with Gasteiger partial charge in [-0.2, -0.15) is 0 Å². The first-order valence-electron chi connectivity index (χ1n) is 4.73. The van der Waals surface area contributed by atoms with Crippen LogP contribution in [0.1, 0.15) is 5.56 Å². The third-order valence-electron chi connectivity index (χ3n) is 2.55. The highest BCUT2D eigenvalue weighted by Crippen LogP contribution is 2.24. The second kappa shape index (κ2) is 3.64. The molecule has 0 saturated carbocycles. The lowest BCUT2D eigenvalue weighted by Crippen LogP contribution is -2.44. The monoisotopic (exact) mass is 208 g/mol. The fraction of sp³-hybridized carbons (Fsp3) is 0.364. The molecule has 1 heterocycles. The number of rotatable bonds is 2. The van der Waals surface area contributed by atoms with Gasteiger partial charge < -0.3 is 14.9 Å². The number of carbonyl (C=O) groups excluding carboxylic acids is 1. The number of esters is 1. The summed E-state index contributed by atoms with van der Waals surface area (Å²) in [5.74, 6) is -0.756. The lowest BCUT2D eigenvalue weighted by Gasteiger charge is -2.22. The first-order chi connectivity index (χ1) is 7.12. The van der Waals surface area contributed by atoms with Crippen molar-refractivity contribution in [2.24, 2.45) is 0 Å². The summed E-state index contributed by atoms with van der Waals surface area (Å²) in [6.07, 6.45) is -1.24. The summed E-state index contributed by atoms with van der Waals surface area (Å²) >= 11 is 0. The molecule has 2 rings (SSSR count). The molecule has 1 fully saturated rings. The molecule has 0 bridgehead atoms. The van der Waals surface area contributed by atoms with Gasteiger partial charge in [-0.15, -0.1) is 0 Å². The second-order valence-electron chi connectivity index (χ2n) is 3.78. The molecule has 0 unspecified atom stereocenters. The van der Waals surface area contributed by atoms with Gasteiger partial charge in [0.25, 0.3) is 0 Å². The van der Waals surface area contributed by atoms with E-state index in [9.17, 15) is 15.0 Å². The summed E-state index contributed by atoms with van der Waals surface area (Å²) in [5.41, 5.74) is -0.629. The zero-order valence-electron chi connectivity index (χ0n) is 8.09. The maximum Gasteiger partial charge on any atom is 0.338 e. The number of hydrogen-bond donors (Lipinski definition) is 2. The first-order valence-corrected chi connectivity index (χ1v) is 4.73. The van der Waals surface area contributed by atoms with Crippen LogP contribution in [0.25, 0.3) is 0 Å². The Bertz CT molecular complexity index is 362. The number of cyclic esters (lactones) is 1. The van der Waals surface area contributed by atoms with Gasteiger partial charge in [-0.1, -0.05) is 30.3 Å². The quantitative estimate of drug-likeness (QED) is 0.665. The van der Waals surface area contributed by atoms with Gasteiger partial charge in [0.05, 0.1) is 0 Å². The highest BCUT2D eigenvalue weighted by atomic mass is 16.6. The smallest absolute Gasteiger partial charge is 0.338 e. The van der Waals surface area contributed by atoms with Gasteiger partial charge in [-0.05, 0) is 5.56 Å². The summed E-state index contributed by atoms with van der Waals surface area (Å²) in [4.78, 5) is 10.9. The Labute approximate surface area is 87.1 Å². The van der Waals surface area contributed by atoms with Gasteiger partial charge >= 0.3 is 5.97 Å². The Morgan fingerprint density at radius 1 is 1.40 bits per heavy atom. The molecule has 2 atom stereocenters. The number of hydrogen-bond acceptors (Lipinski definition) is 4. The predicted octanol–water partition coefficient (Wildman–Crippen LogP) is -0.122. The molecule has 2 N–H and O–H groups in total. The van der Waals surface area contributed by atoms with Gasteiger partial charge in [0.1, 0.15) is 12.2 Å². The first kappa shape index (κ1) is 10.1. The summed E-state index contributed by atoms with van der Waals surface area (Å²) in [5, 5.41) is 19.4. The summed E-state index contributed by atoms with van der Waals surface area (Å²) in [7, 11) is 0. The molecule has 1 saturated heterocycles. The van der Waals surface area contributed by atoms with E-state index in [4.69, 9.17) is 0 Å². The summed E-state index contributed by atoms with van der Waals surface area (Å²) in [6, 6.07) is 9.19. The Kier molecular flexibility index (Phi) is 2.46. The van der Waals surface area contributed by atoms with E-state index in [2.05, 4.69) is 4.74 Å². The molecular weight excluding hydrogens is 196 g/mol. The molecule has 1 aliphatic heterocycles. The highest BCUT2D eigenvalue weighted by Gasteiger charge is 2.48. The molecular formula is C11H12O4. The van der Waals surface area contributed by atoms with E-state index in [1.54, 1.807) is 0 Å². The van der Waals surface area contributed by atoms with Crippen molar-refractivity contribution in [3.05, 3.63) is 35.9 Å². The van der Waals surface area contributed by atoms with Crippen molar-refractivity contribution < 1.29 is 19.7 Å². The maximum atomic E-state index is 10.9. The number of benzene rings is 1. The number of carbonyl (C=O) groups is 1. The van der Waals surface area contributed by atoms with Crippen LogP contribution in [0.5, 0.6) is 0 Å². The SMILES string of the molecule is O=C1OC[C@@](O)(Cc2ccccc2)[C@@H]1O. The average molecular weight is 208 g/mol. The van der Waals surface area contributed by atoms with E-state index in [0.717, 1.165) is 5.56 Å². The van der Waals surface area contributed by atoms with E-state index in [0.29, 0.717) is 0 Å². The zero-order chi connectivity index (χ0) is 10.9. The van der Waals surface area contributed by atoms with Gasteiger partial charge in [0.15, 0.2) is 6.10 Å². The van der Waals surface area contributed by atoms with Gasteiger partial charge in [0.2, 0.25) is 0 Å². The molecule has 0 aromatic heterocycles. The van der Waals surface area contributed by atoms with Crippen molar-refractivity contribution in [2.75, 3.05) is 6.61 Å². The summed E-state index contributed by atoms with van der Waals surface area (Å²) < 4.78 is 4.61. The third kappa shape index (κ3) is 1.86. The second-order valence-corrected chi connectivity index (χ2v) is 3.78. The molecule has 4 nitrogen and oxygen atoms in total. The van der Waals surface area contributed by atoms with Crippen molar-refractivity contribution in [1.29, 1.82) is 0 Å². The van der Waals surface area contributed by atoms with Crippen LogP contribution >= 0.6 is 0 Å². The molecule has 1 aromatic carbocycles. The average Bonchev–Trinajstić information content (AvgIpc) is 2.48. The lowest BCUT2D eigenvalue weighted by molar-refractivity contribution is -0.146. The van der Waals surface area contributed by atoms with Crippen LogP contribution < -0.4 is 0 Å². The van der Waals surface area contributed by atoms with E-state index in [1.807, 2.05) is 30.3 Å². The van der Waals surface area contributed by atoms with Crippen LogP contribution in [0, 0.1) is 0 Å². The van der Waals surface area contributed by atoms with Gasteiger partial charge in [-0.3, -0.25) is 0 Å². The molecule has 1 aliphatic rings. The van der Waals surface area contributed by atoms with Crippen molar-refractivity contribution in [3.8, 4) is 0 Å². The maximum absolute atomic E-state index is 10.9. The fourth-order valence-corrected chi connectivity index (χ4v) is 1.67. The van der Waals surface area contributed by atoms with Crippen LogP contribution in [0.2, 0.25) is 0 Å². The van der Waals surface area contributed by atoms with E-state index in [1.165, 1.54) is 0 Å². The van der Waals surface area contributed by atoms with Crippen molar-refractivity contribution >= 4 is 5.97 Å². The van der Waals surface area contributed by atoms with Crippen molar-refractivity contribution in [1.82, 2.24) is 0 Å². The van der Waals surface area contributed by atoms with Crippen LogP contribution in [0.15, 0.2) is 30.3 Å². The van der Waals surface area contributed by atoms with Crippen LogP contribution in [-0.4, -0.2) is 34.5 Å². The zero-order valence-corrected chi connectivity index (χ0v) is 8.09. The minimum absolute atomic E-state index is 0.151. The van der Waals surface area contributed by atoms with E-state index in [-0.39, 0.29) is 13.0 Å². The van der Waals surface area contributed by atoms with Gasteiger partial charge in [-0.25, -0.2) is 4.79 Å². The standard InChI is InChI=1S/C11H12O4/c12-9-10(13)15-7-11(9,14)6-8-4-2-1-3-5-8/h1-5,9,12,14H,6-7H2/t9-,11+/m1/s1. The van der Waals surface area contributed by atoms with Crippen molar-refractivity contribution in [2.45, 2.75) is 18.1 Å². The Hall–Kier alpha value is -1.39. The number of aliphatic hydroxyl groups is 2. The Balaban J connectivity index is 2.15. The summed E-state index contributed by atoms with van der Waals surface area (Å²) in [6.45, 7) is -0.151. The lowest BCUT2D eigenvalue weighted by atomic mass is 9.91. The van der Waals surface area contributed by atoms with Crippen LogP contribution in [-0.2, 0) is 16.0 Å². The minimum Gasteiger partial charge on any atom is -0.460 e. The normalized spacial score (nSPS) is 30.3. The Morgan fingerprint density at radius 3 is 2.60 bits per heavy atom. The highest BCUT2D eigenvalue weighted by molar-refractivity contribution is 5.78. The van der Waals surface area contributed by atoms with Crippen molar-refractivity contribution in [3.63, 3.8) is 0 Å². The fourth-order valence-electron chi connectivity index (χ4n) is 1.67. The topological polar surface area (TPSA) is 66.8 Å². The molecule has 15 heavy (non-hydrogen) atoms. The molecule has 0 aliphatic carbocycles. The van der Waals surface area contributed by atoms with E-state index >= 15 is 0 Å². The Morgan fingerprint density at radius 2 is 2.07 bits per heavy atom. The van der Waals surface area contributed by atoms with Crippen LogP contribution in [0.4, 0.5) is 0 Å². The van der Waals surface area contributed by atoms with Gasteiger partial charge in [0, 0.05) is 6.42 Å². The third-order valence-corrected chi connectivity index (χ3v) is 2.55.